The van der Waals surface area contributed by atoms with Gasteiger partial charge in [0.15, 0.2) is 10.4 Å². The number of hydrogen-bond donors (Lipinski definition) is 1. The second kappa shape index (κ2) is 4.85. The number of H-pyrrole nitrogens is 1. The summed E-state index contributed by atoms with van der Waals surface area (Å²) >= 11 is 5.29. The molecule has 2 rings (SSSR count). The molecule has 0 radical (unpaired) electrons. The van der Waals surface area contributed by atoms with Crippen LogP contribution >= 0.6 is 12.2 Å². The molecule has 2 aromatic heterocycles. The first kappa shape index (κ1) is 12.1. The monoisotopic (exact) mass is 252 g/mol. The molecule has 0 aliphatic carbocycles. The minimum atomic E-state index is 0.602. The Hall–Kier alpha value is -1.40. The quantitative estimate of drug-likeness (QED) is 0.841. The van der Waals surface area contributed by atoms with Crippen LogP contribution in [0.5, 0.6) is 5.88 Å². The molecule has 0 bridgehead atoms. The fraction of sp³-hybridized carbons (Fsp3) is 0.455. The van der Waals surface area contributed by atoms with Crippen LogP contribution in [0.15, 0.2) is 12.1 Å². The van der Waals surface area contributed by atoms with E-state index in [9.17, 15) is 0 Å². The summed E-state index contributed by atoms with van der Waals surface area (Å²) in [4.78, 5) is 9.67. The van der Waals surface area contributed by atoms with Gasteiger partial charge in [0.1, 0.15) is 0 Å². The first-order chi connectivity index (χ1) is 8.11. The Labute approximate surface area is 105 Å². The van der Waals surface area contributed by atoms with E-state index in [1.165, 1.54) is 0 Å². The molecule has 0 fully saturated rings. The summed E-state index contributed by atoms with van der Waals surface area (Å²) in [5.74, 6) is 0.602. The van der Waals surface area contributed by atoms with E-state index in [0.717, 1.165) is 24.3 Å². The third-order valence-corrected chi connectivity index (χ3v) is 2.89. The summed E-state index contributed by atoms with van der Waals surface area (Å²) in [5, 5.41) is 0. The van der Waals surface area contributed by atoms with Gasteiger partial charge in [0, 0.05) is 19.2 Å². The first-order valence-electron chi connectivity index (χ1n) is 5.40. The Morgan fingerprint density at radius 1 is 1.47 bits per heavy atom. The molecule has 5 nitrogen and oxygen atoms in total. The van der Waals surface area contributed by atoms with Gasteiger partial charge in [0.05, 0.1) is 12.6 Å². The van der Waals surface area contributed by atoms with Crippen LogP contribution < -0.4 is 4.74 Å². The number of methoxy groups -OCH3 is 1. The van der Waals surface area contributed by atoms with Gasteiger partial charge in [-0.1, -0.05) is 0 Å². The number of ether oxygens (including phenoxy) is 1. The fourth-order valence-corrected chi connectivity index (χ4v) is 1.92. The average Bonchev–Trinajstić information content (AvgIpc) is 2.61. The molecule has 0 aliphatic rings. The van der Waals surface area contributed by atoms with E-state index < -0.39 is 0 Å². The van der Waals surface area contributed by atoms with E-state index in [-0.39, 0.29) is 0 Å². The number of likely N-dealkylation sites (N-methyl/N-ethyl adjacent to an activating group) is 1. The number of nitrogens with one attached hydrogen (secondary N) is 1. The van der Waals surface area contributed by atoms with Gasteiger partial charge in [-0.2, -0.15) is 4.98 Å². The second-order valence-corrected chi connectivity index (χ2v) is 4.50. The molecular formula is C11H16N4OS. The van der Waals surface area contributed by atoms with Crippen molar-refractivity contribution in [3.63, 3.8) is 0 Å². The number of pyridine rings is 1. The number of aromatic nitrogens is 3. The van der Waals surface area contributed by atoms with Crippen LogP contribution in [-0.4, -0.2) is 47.2 Å². The topological polar surface area (TPSA) is 46.1 Å². The lowest BCUT2D eigenvalue weighted by Gasteiger charge is -2.10. The van der Waals surface area contributed by atoms with E-state index in [1.54, 1.807) is 7.11 Å². The Kier molecular flexibility index (Phi) is 3.44. The Bertz CT molecular complexity index is 572. The lowest BCUT2D eigenvalue weighted by Crippen LogP contribution is -2.18. The minimum absolute atomic E-state index is 0.602. The average molecular weight is 252 g/mol. The molecule has 0 atom stereocenters. The summed E-state index contributed by atoms with van der Waals surface area (Å²) in [7, 11) is 5.68. The second-order valence-electron chi connectivity index (χ2n) is 4.11. The molecule has 0 aliphatic heterocycles. The van der Waals surface area contributed by atoms with Crippen molar-refractivity contribution in [3.8, 4) is 5.88 Å². The maximum Gasteiger partial charge on any atom is 0.215 e. The molecule has 0 aromatic carbocycles. The van der Waals surface area contributed by atoms with Crippen molar-refractivity contribution in [1.82, 2.24) is 19.4 Å². The van der Waals surface area contributed by atoms with Crippen LogP contribution in [0, 0.1) is 4.77 Å². The molecule has 92 valence electrons. The van der Waals surface area contributed by atoms with Crippen LogP contribution in [0.25, 0.3) is 11.2 Å². The van der Waals surface area contributed by atoms with Crippen molar-refractivity contribution in [2.45, 2.75) is 6.54 Å². The molecule has 6 heteroatoms. The molecule has 0 amide bonds. The molecule has 2 heterocycles. The van der Waals surface area contributed by atoms with Gasteiger partial charge < -0.3 is 19.2 Å². The Morgan fingerprint density at radius 3 is 2.88 bits per heavy atom. The normalized spacial score (nSPS) is 11.3. The lowest BCUT2D eigenvalue weighted by atomic mass is 10.4. The smallest absolute Gasteiger partial charge is 0.215 e. The van der Waals surface area contributed by atoms with Crippen LogP contribution in [0.1, 0.15) is 0 Å². The zero-order valence-electron chi connectivity index (χ0n) is 10.2. The highest BCUT2D eigenvalue weighted by atomic mass is 32.1. The summed E-state index contributed by atoms with van der Waals surface area (Å²) in [5.41, 5.74) is 1.78. The summed E-state index contributed by atoms with van der Waals surface area (Å²) in [6.07, 6.45) is 0. The highest BCUT2D eigenvalue weighted by Crippen LogP contribution is 2.16. The molecule has 1 N–H and O–H groups in total. The lowest BCUT2D eigenvalue weighted by molar-refractivity contribution is 0.383. The summed E-state index contributed by atoms with van der Waals surface area (Å²) in [6.45, 7) is 1.73. The van der Waals surface area contributed by atoms with Crippen LogP contribution in [0.4, 0.5) is 0 Å². The van der Waals surface area contributed by atoms with Crippen LogP contribution in [-0.2, 0) is 6.54 Å². The number of rotatable bonds is 4. The first-order valence-corrected chi connectivity index (χ1v) is 5.81. The van der Waals surface area contributed by atoms with Gasteiger partial charge in [-0.3, -0.25) is 0 Å². The Balaban J connectivity index is 2.45. The third-order valence-electron chi connectivity index (χ3n) is 2.57. The van der Waals surface area contributed by atoms with Gasteiger partial charge in [0.25, 0.3) is 0 Å². The van der Waals surface area contributed by atoms with E-state index in [2.05, 4.69) is 14.9 Å². The zero-order chi connectivity index (χ0) is 12.4. The van der Waals surface area contributed by atoms with Crippen molar-refractivity contribution in [3.05, 3.63) is 16.9 Å². The van der Waals surface area contributed by atoms with Gasteiger partial charge in [-0.15, -0.1) is 0 Å². The van der Waals surface area contributed by atoms with Crippen molar-refractivity contribution in [2.24, 2.45) is 0 Å². The van der Waals surface area contributed by atoms with Gasteiger partial charge in [-0.05, 0) is 32.4 Å². The van der Waals surface area contributed by atoms with E-state index in [4.69, 9.17) is 17.0 Å². The predicted octanol–water partition coefficient (Wildman–Crippen LogP) is 1.66. The molecule has 0 saturated heterocycles. The van der Waals surface area contributed by atoms with Gasteiger partial charge >= 0.3 is 0 Å². The van der Waals surface area contributed by atoms with Crippen molar-refractivity contribution in [1.29, 1.82) is 0 Å². The summed E-state index contributed by atoms with van der Waals surface area (Å²) in [6, 6.07) is 3.76. The predicted molar refractivity (Wildman–Crippen MR) is 70.0 cm³/mol. The van der Waals surface area contributed by atoms with E-state index in [1.807, 2.05) is 30.8 Å². The summed E-state index contributed by atoms with van der Waals surface area (Å²) < 4.78 is 7.82. The molecule has 0 saturated carbocycles. The minimum Gasteiger partial charge on any atom is -0.481 e. The Morgan fingerprint density at radius 2 is 2.24 bits per heavy atom. The van der Waals surface area contributed by atoms with Crippen molar-refractivity contribution >= 4 is 23.4 Å². The van der Waals surface area contributed by atoms with Crippen LogP contribution in [0.3, 0.4) is 0 Å². The molecule has 0 spiro atoms. The third kappa shape index (κ3) is 2.48. The zero-order valence-corrected chi connectivity index (χ0v) is 11.0. The number of fused-ring (bicyclic) bond motifs is 1. The van der Waals surface area contributed by atoms with Crippen LogP contribution in [0.2, 0.25) is 0 Å². The molecule has 0 unspecified atom stereocenters. The van der Waals surface area contributed by atoms with E-state index in [0.29, 0.717) is 10.7 Å². The largest absolute Gasteiger partial charge is 0.481 e. The highest BCUT2D eigenvalue weighted by Gasteiger charge is 2.07. The number of aromatic amines is 1. The maximum atomic E-state index is 5.29. The van der Waals surface area contributed by atoms with E-state index >= 15 is 0 Å². The van der Waals surface area contributed by atoms with Crippen molar-refractivity contribution in [2.75, 3.05) is 27.7 Å². The fourth-order valence-electron chi connectivity index (χ4n) is 1.63. The standard InChI is InChI=1S/C11H16N4OS/c1-14(2)6-7-15-10-8(12-11(15)17)4-5-9(13-10)16-3/h4-5H,6-7H2,1-3H3,(H,12,17). The molecule has 2 aromatic rings. The van der Waals surface area contributed by atoms with Crippen molar-refractivity contribution < 1.29 is 4.74 Å². The molecule has 17 heavy (non-hydrogen) atoms. The maximum absolute atomic E-state index is 5.29. The molecular weight excluding hydrogens is 236 g/mol. The number of imidazole rings is 1. The SMILES string of the molecule is COc1ccc2[nH]c(=S)n(CCN(C)C)c2n1. The van der Waals surface area contributed by atoms with Gasteiger partial charge in [-0.25, -0.2) is 0 Å². The van der Waals surface area contributed by atoms with Gasteiger partial charge in [0.2, 0.25) is 5.88 Å². The number of hydrogen-bond acceptors (Lipinski definition) is 4. The highest BCUT2D eigenvalue weighted by molar-refractivity contribution is 7.71. The number of nitrogens with zero attached hydrogens (tertiary/aromatic N) is 3.